The molecule has 1 saturated carbocycles. The minimum Gasteiger partial charge on any atom is -0.479 e. The standard InChI is InChI=1S/C16H21NO5/c1-21-13-9-5-6-10-16(13,14(18)19)17-15(20)22-11-12-7-3-2-4-8-12/h2-4,7-8,13H,5-6,9-11H2,1H3,(H,17,20)(H,18,19). The zero-order valence-corrected chi connectivity index (χ0v) is 12.6. The summed E-state index contributed by atoms with van der Waals surface area (Å²) in [6.45, 7) is 0.0972. The van der Waals surface area contributed by atoms with Crippen LogP contribution in [0.4, 0.5) is 4.79 Å². The van der Waals surface area contributed by atoms with Gasteiger partial charge < -0.3 is 19.9 Å². The van der Waals surface area contributed by atoms with E-state index in [-0.39, 0.29) is 6.61 Å². The van der Waals surface area contributed by atoms with Crippen molar-refractivity contribution in [3.63, 3.8) is 0 Å². The normalized spacial score (nSPS) is 24.5. The van der Waals surface area contributed by atoms with Crippen LogP contribution in [0, 0.1) is 0 Å². The van der Waals surface area contributed by atoms with Crippen LogP contribution in [0.2, 0.25) is 0 Å². The molecule has 0 aromatic heterocycles. The van der Waals surface area contributed by atoms with Gasteiger partial charge in [0.1, 0.15) is 6.61 Å². The summed E-state index contributed by atoms with van der Waals surface area (Å²) < 4.78 is 10.4. The molecular formula is C16H21NO5. The predicted molar refractivity (Wildman–Crippen MR) is 79.4 cm³/mol. The number of carboxylic acids is 1. The molecule has 0 bridgehead atoms. The average Bonchev–Trinajstić information content (AvgIpc) is 2.54. The highest BCUT2D eigenvalue weighted by Crippen LogP contribution is 2.31. The van der Waals surface area contributed by atoms with Crippen LogP contribution in [0.5, 0.6) is 0 Å². The Morgan fingerprint density at radius 2 is 2.05 bits per heavy atom. The van der Waals surface area contributed by atoms with Crippen molar-refractivity contribution in [1.29, 1.82) is 0 Å². The third kappa shape index (κ3) is 3.57. The summed E-state index contributed by atoms with van der Waals surface area (Å²) in [5, 5.41) is 12.1. The number of carboxylic acid groups (broad SMARTS) is 1. The van der Waals surface area contributed by atoms with Crippen molar-refractivity contribution < 1.29 is 24.2 Å². The number of aliphatic carboxylic acids is 1. The highest BCUT2D eigenvalue weighted by Gasteiger charge is 2.49. The van der Waals surface area contributed by atoms with Gasteiger partial charge in [-0.2, -0.15) is 0 Å². The first-order valence-corrected chi connectivity index (χ1v) is 7.33. The molecule has 1 aromatic rings. The lowest BCUT2D eigenvalue weighted by Gasteiger charge is -2.39. The van der Waals surface area contributed by atoms with Gasteiger partial charge >= 0.3 is 12.1 Å². The first-order chi connectivity index (χ1) is 10.6. The zero-order valence-electron chi connectivity index (χ0n) is 12.6. The van der Waals surface area contributed by atoms with Gasteiger partial charge in [0.05, 0.1) is 6.10 Å². The Morgan fingerprint density at radius 1 is 1.32 bits per heavy atom. The molecule has 6 nitrogen and oxygen atoms in total. The predicted octanol–water partition coefficient (Wildman–Crippen LogP) is 2.33. The van der Waals surface area contributed by atoms with Crippen molar-refractivity contribution in [3.05, 3.63) is 35.9 Å². The number of hydrogen-bond acceptors (Lipinski definition) is 4. The van der Waals surface area contributed by atoms with Gasteiger partial charge in [-0.15, -0.1) is 0 Å². The molecule has 1 amide bonds. The number of methoxy groups -OCH3 is 1. The van der Waals surface area contributed by atoms with Gasteiger partial charge in [0.15, 0.2) is 5.54 Å². The first-order valence-electron chi connectivity index (χ1n) is 7.33. The second kappa shape index (κ2) is 7.26. The van der Waals surface area contributed by atoms with Crippen molar-refractivity contribution in [2.45, 2.75) is 43.9 Å². The molecule has 1 fully saturated rings. The van der Waals surface area contributed by atoms with Gasteiger partial charge in [-0.25, -0.2) is 9.59 Å². The van der Waals surface area contributed by atoms with Crippen LogP contribution >= 0.6 is 0 Å². The van der Waals surface area contributed by atoms with E-state index in [1.807, 2.05) is 30.3 Å². The van der Waals surface area contributed by atoms with Crippen molar-refractivity contribution >= 4 is 12.1 Å². The van der Waals surface area contributed by atoms with Crippen LogP contribution in [0.1, 0.15) is 31.2 Å². The van der Waals surface area contributed by atoms with Crippen LogP contribution in [-0.4, -0.2) is 35.9 Å². The van der Waals surface area contributed by atoms with Gasteiger partial charge in [-0.05, 0) is 18.4 Å². The summed E-state index contributed by atoms with van der Waals surface area (Å²) in [5.74, 6) is -1.09. The summed E-state index contributed by atoms with van der Waals surface area (Å²) in [5.41, 5.74) is -0.574. The number of alkyl carbamates (subject to hydrolysis) is 1. The van der Waals surface area contributed by atoms with Crippen LogP contribution < -0.4 is 5.32 Å². The summed E-state index contributed by atoms with van der Waals surface area (Å²) in [7, 11) is 1.46. The molecule has 1 aliphatic rings. The van der Waals surface area contributed by atoms with E-state index < -0.39 is 23.7 Å². The summed E-state index contributed by atoms with van der Waals surface area (Å²) in [4.78, 5) is 23.7. The molecule has 0 radical (unpaired) electrons. The van der Waals surface area contributed by atoms with E-state index in [0.717, 1.165) is 18.4 Å². The number of rotatable bonds is 5. The summed E-state index contributed by atoms with van der Waals surface area (Å²) >= 11 is 0. The minimum absolute atomic E-state index is 0.0972. The fraction of sp³-hybridized carbons (Fsp3) is 0.500. The molecular weight excluding hydrogens is 286 g/mol. The first kappa shape index (κ1) is 16.3. The van der Waals surface area contributed by atoms with Gasteiger partial charge in [0, 0.05) is 7.11 Å². The SMILES string of the molecule is COC1CCCCC1(NC(=O)OCc1ccccc1)C(=O)O. The number of carbonyl (C=O) groups excluding carboxylic acids is 1. The van der Waals surface area contributed by atoms with Gasteiger partial charge in [0.2, 0.25) is 0 Å². The van der Waals surface area contributed by atoms with Crippen LogP contribution in [-0.2, 0) is 20.9 Å². The number of ether oxygens (including phenoxy) is 2. The largest absolute Gasteiger partial charge is 0.479 e. The van der Waals surface area contributed by atoms with Crippen LogP contribution in [0.25, 0.3) is 0 Å². The number of hydrogen-bond donors (Lipinski definition) is 2. The molecule has 2 rings (SSSR count). The van der Waals surface area contributed by atoms with E-state index in [0.29, 0.717) is 12.8 Å². The molecule has 6 heteroatoms. The number of benzene rings is 1. The maximum atomic E-state index is 12.0. The van der Waals surface area contributed by atoms with Crippen LogP contribution in [0.15, 0.2) is 30.3 Å². The number of amides is 1. The van der Waals surface area contributed by atoms with E-state index in [1.165, 1.54) is 7.11 Å². The van der Waals surface area contributed by atoms with Gasteiger partial charge in [-0.3, -0.25) is 0 Å². The smallest absolute Gasteiger partial charge is 0.408 e. The number of carbonyl (C=O) groups is 2. The summed E-state index contributed by atoms with van der Waals surface area (Å²) in [6.07, 6.45) is 1.25. The van der Waals surface area contributed by atoms with Crippen molar-refractivity contribution in [1.82, 2.24) is 5.32 Å². The van der Waals surface area contributed by atoms with Crippen LogP contribution in [0.3, 0.4) is 0 Å². The Balaban J connectivity index is 2.01. The molecule has 0 saturated heterocycles. The lowest BCUT2D eigenvalue weighted by molar-refractivity contribution is -0.154. The molecule has 0 aliphatic heterocycles. The van der Waals surface area contributed by atoms with Crippen molar-refractivity contribution in [3.8, 4) is 0 Å². The monoisotopic (exact) mass is 307 g/mol. The Morgan fingerprint density at radius 3 is 2.68 bits per heavy atom. The highest BCUT2D eigenvalue weighted by molar-refractivity contribution is 5.85. The van der Waals surface area contributed by atoms with Gasteiger partial charge in [0.25, 0.3) is 0 Å². The van der Waals surface area contributed by atoms with E-state index in [4.69, 9.17) is 9.47 Å². The quantitative estimate of drug-likeness (QED) is 0.872. The van der Waals surface area contributed by atoms with Gasteiger partial charge in [-0.1, -0.05) is 43.2 Å². The number of nitrogens with one attached hydrogen (secondary N) is 1. The van der Waals surface area contributed by atoms with E-state index in [9.17, 15) is 14.7 Å². The highest BCUT2D eigenvalue weighted by atomic mass is 16.5. The molecule has 1 aliphatic carbocycles. The second-order valence-electron chi connectivity index (χ2n) is 5.43. The Hall–Kier alpha value is -2.08. The van der Waals surface area contributed by atoms with Crippen molar-refractivity contribution in [2.24, 2.45) is 0 Å². The average molecular weight is 307 g/mol. The molecule has 2 N–H and O–H groups in total. The molecule has 0 spiro atoms. The zero-order chi connectivity index (χ0) is 16.0. The molecule has 2 unspecified atom stereocenters. The topological polar surface area (TPSA) is 84.9 Å². The lowest BCUT2D eigenvalue weighted by atomic mass is 9.79. The maximum absolute atomic E-state index is 12.0. The second-order valence-corrected chi connectivity index (χ2v) is 5.43. The third-order valence-corrected chi connectivity index (χ3v) is 4.04. The molecule has 22 heavy (non-hydrogen) atoms. The minimum atomic E-state index is -1.42. The molecule has 1 aromatic carbocycles. The molecule has 120 valence electrons. The van der Waals surface area contributed by atoms with E-state index >= 15 is 0 Å². The Bertz CT molecular complexity index is 519. The fourth-order valence-corrected chi connectivity index (χ4v) is 2.84. The lowest BCUT2D eigenvalue weighted by Crippen LogP contribution is -2.63. The molecule has 0 heterocycles. The van der Waals surface area contributed by atoms with E-state index in [2.05, 4.69) is 5.32 Å². The Kier molecular flexibility index (Phi) is 5.38. The molecule has 2 atom stereocenters. The van der Waals surface area contributed by atoms with Crippen molar-refractivity contribution in [2.75, 3.05) is 7.11 Å². The third-order valence-electron chi connectivity index (χ3n) is 4.04. The maximum Gasteiger partial charge on any atom is 0.408 e. The summed E-state index contributed by atoms with van der Waals surface area (Å²) in [6, 6.07) is 9.22. The van der Waals surface area contributed by atoms with E-state index in [1.54, 1.807) is 0 Å². The Labute approximate surface area is 129 Å². The fourth-order valence-electron chi connectivity index (χ4n) is 2.84.